The molecule has 0 bridgehead atoms. The van der Waals surface area contributed by atoms with Gasteiger partial charge in [-0.15, -0.1) is 0 Å². The number of nitrogens with zero attached hydrogens (tertiary/aromatic N) is 1. The minimum absolute atomic E-state index is 0.0151. The molecule has 0 heterocycles. The number of carbonyl (C=O) groups excluding carboxylic acids is 1. The number of amides is 1. The molecule has 0 radical (unpaired) electrons. The van der Waals surface area contributed by atoms with E-state index < -0.39 is 26.6 Å². The molecule has 0 spiro atoms. The summed E-state index contributed by atoms with van der Waals surface area (Å²) in [5.74, 6) is -0.225. The number of hydrogen-bond donors (Lipinski definition) is 2. The molecule has 8 nitrogen and oxygen atoms in total. The highest BCUT2D eigenvalue weighted by atomic mass is 31.2. The molecule has 0 aromatic carbocycles. The average Bonchev–Trinajstić information content (AvgIpc) is 3.19. The van der Waals surface area contributed by atoms with Crippen molar-refractivity contribution in [3.8, 4) is 0 Å². The predicted octanol–water partition coefficient (Wildman–Crippen LogP) is 12.7. The Hall–Kier alpha value is -2.32. The Morgan fingerprint density at radius 2 is 1.05 bits per heavy atom. The van der Waals surface area contributed by atoms with Gasteiger partial charge in [0.15, 0.2) is 0 Å². The summed E-state index contributed by atoms with van der Waals surface area (Å²) >= 11 is 0. The summed E-state index contributed by atoms with van der Waals surface area (Å²) in [6, 6.07) is -0.918. The van der Waals surface area contributed by atoms with E-state index in [9.17, 15) is 19.4 Å². The van der Waals surface area contributed by atoms with E-state index >= 15 is 0 Å². The first-order valence-electron chi connectivity index (χ1n) is 23.4. The van der Waals surface area contributed by atoms with Crippen molar-refractivity contribution in [2.45, 2.75) is 187 Å². The summed E-state index contributed by atoms with van der Waals surface area (Å²) in [7, 11) is 1.21. The van der Waals surface area contributed by atoms with Gasteiger partial charge in [0.25, 0.3) is 7.82 Å². The second-order valence-electron chi connectivity index (χ2n) is 16.7. The first-order chi connectivity index (χ1) is 28.5. The van der Waals surface area contributed by atoms with Crippen LogP contribution in [0.15, 0.2) is 85.1 Å². The van der Waals surface area contributed by atoms with E-state index in [2.05, 4.69) is 92.1 Å². The van der Waals surface area contributed by atoms with E-state index in [4.69, 9.17) is 9.05 Å². The van der Waals surface area contributed by atoms with Gasteiger partial charge in [0.2, 0.25) is 5.91 Å². The van der Waals surface area contributed by atoms with Crippen LogP contribution in [0, 0.1) is 0 Å². The number of rotatable bonds is 41. The maximum atomic E-state index is 12.9. The van der Waals surface area contributed by atoms with E-state index in [0.717, 1.165) is 83.5 Å². The fourth-order valence-corrected chi connectivity index (χ4v) is 6.84. The second-order valence-corrected chi connectivity index (χ2v) is 18.1. The summed E-state index contributed by atoms with van der Waals surface area (Å²) in [6.45, 7) is 4.47. The lowest BCUT2D eigenvalue weighted by molar-refractivity contribution is -0.870. The average molecular weight is 845 g/mol. The molecule has 0 aromatic rings. The predicted molar refractivity (Wildman–Crippen MR) is 251 cm³/mol. The van der Waals surface area contributed by atoms with Gasteiger partial charge in [0.1, 0.15) is 13.2 Å². The molecule has 0 saturated carbocycles. The first-order valence-corrected chi connectivity index (χ1v) is 24.9. The number of likely N-dealkylation sites (N-methyl/N-ethyl adjacent to an activating group) is 1. The maximum Gasteiger partial charge on any atom is 0.268 e. The molecule has 0 aromatic heterocycles. The van der Waals surface area contributed by atoms with Gasteiger partial charge in [-0.1, -0.05) is 170 Å². The van der Waals surface area contributed by atoms with Crippen LogP contribution < -0.4 is 10.2 Å². The molecular formula is C50H89N2O6P. The fourth-order valence-electron chi connectivity index (χ4n) is 6.11. The maximum absolute atomic E-state index is 12.9. The number of hydrogen-bond acceptors (Lipinski definition) is 6. The molecule has 340 valence electrons. The van der Waals surface area contributed by atoms with Gasteiger partial charge in [0.05, 0.1) is 39.9 Å². The van der Waals surface area contributed by atoms with E-state index in [0.29, 0.717) is 17.4 Å². The zero-order valence-corrected chi connectivity index (χ0v) is 39.3. The number of nitrogens with one attached hydrogen (secondary N) is 1. The molecule has 59 heavy (non-hydrogen) atoms. The van der Waals surface area contributed by atoms with E-state index in [-0.39, 0.29) is 12.5 Å². The Balaban J connectivity index is 4.46. The highest BCUT2D eigenvalue weighted by Crippen LogP contribution is 2.38. The van der Waals surface area contributed by atoms with Crippen LogP contribution in [-0.4, -0.2) is 68.5 Å². The van der Waals surface area contributed by atoms with Crippen LogP contribution in [0.5, 0.6) is 0 Å². The quantitative estimate of drug-likeness (QED) is 0.0275. The van der Waals surface area contributed by atoms with Crippen LogP contribution in [0.4, 0.5) is 0 Å². The van der Waals surface area contributed by atoms with Gasteiger partial charge in [0, 0.05) is 6.42 Å². The smallest absolute Gasteiger partial charge is 0.268 e. The molecule has 0 fully saturated rings. The van der Waals surface area contributed by atoms with Crippen molar-refractivity contribution in [2.24, 2.45) is 0 Å². The number of unbranched alkanes of at least 4 members (excludes halogenated alkanes) is 16. The van der Waals surface area contributed by atoms with Gasteiger partial charge >= 0.3 is 0 Å². The monoisotopic (exact) mass is 845 g/mol. The summed E-state index contributed by atoms with van der Waals surface area (Å²) in [6.07, 6.45) is 56.3. The van der Waals surface area contributed by atoms with E-state index in [1.165, 1.54) is 70.6 Å². The van der Waals surface area contributed by atoms with Gasteiger partial charge in [-0.25, -0.2) is 0 Å². The normalized spacial score (nSPS) is 15.0. The Morgan fingerprint density at radius 3 is 1.58 bits per heavy atom. The third-order valence-electron chi connectivity index (χ3n) is 9.82. The summed E-state index contributed by atoms with van der Waals surface area (Å²) < 4.78 is 23.2. The summed E-state index contributed by atoms with van der Waals surface area (Å²) in [5, 5.41) is 13.8. The van der Waals surface area contributed by atoms with Crippen molar-refractivity contribution in [3.63, 3.8) is 0 Å². The van der Waals surface area contributed by atoms with Crippen LogP contribution in [0.25, 0.3) is 0 Å². The molecule has 0 aliphatic rings. The van der Waals surface area contributed by atoms with Crippen LogP contribution in [0.1, 0.15) is 174 Å². The zero-order chi connectivity index (χ0) is 43.6. The number of phosphoric ester groups is 1. The topological polar surface area (TPSA) is 108 Å². The van der Waals surface area contributed by atoms with E-state index in [1.54, 1.807) is 6.08 Å². The number of carbonyl (C=O) groups is 1. The standard InChI is InChI=1S/C50H89N2O6P/c1-6-8-10-12-14-16-18-20-22-24-25-26-27-28-30-32-34-36-38-40-42-44-50(54)51-48(47-58-59(55,56)57-46-45-52(3,4)5)49(53)43-41-39-37-35-33-31-29-23-21-19-17-15-13-11-9-7-2/h8,10,14,16,20-23,25-26,33,35,41,43,48-49,53H,6-7,9,11-13,15,17-19,24,27-32,34,36-40,42,44-47H2,1-5H3,(H-,51,54,55,56)/b10-8-,16-14-,22-20-,23-21+,26-25-,35-33+,43-41+. The lowest BCUT2D eigenvalue weighted by Gasteiger charge is -2.29. The lowest BCUT2D eigenvalue weighted by Crippen LogP contribution is -2.45. The Labute approximate surface area is 363 Å². The molecule has 3 unspecified atom stereocenters. The second kappa shape index (κ2) is 41.1. The largest absolute Gasteiger partial charge is 0.756 e. The SMILES string of the molecule is CC/C=C\C/C=C\C/C=C\C/C=C\CCCCCCCCCCC(=O)NC(COP(=O)([O-])OCC[N+](C)(C)C)C(O)/C=C/CC/C=C/CC/C=C/CCCCCCCC. The number of quaternary nitrogens is 1. The van der Waals surface area contributed by atoms with Crippen molar-refractivity contribution in [3.05, 3.63) is 85.1 Å². The van der Waals surface area contributed by atoms with Crippen LogP contribution >= 0.6 is 7.82 Å². The van der Waals surface area contributed by atoms with Gasteiger partial charge in [-0.05, 0) is 83.5 Å². The molecule has 0 rings (SSSR count). The number of phosphoric acid groups is 1. The number of aliphatic hydroxyl groups is 1. The molecule has 2 N–H and O–H groups in total. The fraction of sp³-hybridized carbons (Fsp3) is 0.700. The Bertz CT molecular complexity index is 1230. The van der Waals surface area contributed by atoms with Crippen molar-refractivity contribution in [1.82, 2.24) is 5.32 Å². The molecule has 0 aliphatic heterocycles. The van der Waals surface area contributed by atoms with Crippen LogP contribution in [0.3, 0.4) is 0 Å². The van der Waals surface area contributed by atoms with Gasteiger partial charge in [-0.3, -0.25) is 9.36 Å². The van der Waals surface area contributed by atoms with Crippen molar-refractivity contribution >= 4 is 13.7 Å². The molecule has 0 aliphatic carbocycles. The van der Waals surface area contributed by atoms with Crippen LogP contribution in [-0.2, 0) is 18.4 Å². The minimum Gasteiger partial charge on any atom is -0.756 e. The number of allylic oxidation sites excluding steroid dienone is 13. The third-order valence-corrected chi connectivity index (χ3v) is 10.8. The zero-order valence-electron chi connectivity index (χ0n) is 38.4. The highest BCUT2D eigenvalue weighted by Gasteiger charge is 2.23. The highest BCUT2D eigenvalue weighted by molar-refractivity contribution is 7.45. The Kier molecular flexibility index (Phi) is 39.4. The molecular weight excluding hydrogens is 756 g/mol. The van der Waals surface area contributed by atoms with Gasteiger partial charge in [-0.2, -0.15) is 0 Å². The summed E-state index contributed by atoms with van der Waals surface area (Å²) in [4.78, 5) is 25.3. The van der Waals surface area contributed by atoms with E-state index in [1.807, 2.05) is 27.2 Å². The Morgan fingerprint density at radius 1 is 0.610 bits per heavy atom. The third kappa shape index (κ3) is 43.6. The van der Waals surface area contributed by atoms with Crippen molar-refractivity contribution in [2.75, 3.05) is 40.9 Å². The molecule has 9 heteroatoms. The lowest BCUT2D eigenvalue weighted by atomic mass is 10.1. The first kappa shape index (κ1) is 56.7. The molecule has 3 atom stereocenters. The number of aliphatic hydroxyl groups excluding tert-OH is 1. The molecule has 1 amide bonds. The molecule has 0 saturated heterocycles. The van der Waals surface area contributed by atoms with Crippen molar-refractivity contribution in [1.29, 1.82) is 0 Å². The van der Waals surface area contributed by atoms with Crippen molar-refractivity contribution < 1.29 is 32.9 Å². The van der Waals surface area contributed by atoms with Crippen LogP contribution in [0.2, 0.25) is 0 Å². The minimum atomic E-state index is -4.61. The summed E-state index contributed by atoms with van der Waals surface area (Å²) in [5.41, 5.74) is 0. The van der Waals surface area contributed by atoms with Gasteiger partial charge < -0.3 is 28.8 Å².